The highest BCUT2D eigenvalue weighted by atomic mass is 16.3. The van der Waals surface area contributed by atoms with Crippen molar-refractivity contribution in [2.75, 3.05) is 0 Å². The second-order valence-corrected chi connectivity index (χ2v) is 5.67. The van der Waals surface area contributed by atoms with E-state index >= 15 is 0 Å². The SMILES string of the molecule is Cc1ccc(CC2C=CC=CC(N3C(=O)C=CC3O)=C2)cc1. The van der Waals surface area contributed by atoms with Gasteiger partial charge in [-0.1, -0.05) is 54.1 Å². The smallest absolute Gasteiger partial charge is 0.253 e. The van der Waals surface area contributed by atoms with E-state index in [1.165, 1.54) is 28.2 Å². The van der Waals surface area contributed by atoms with Gasteiger partial charge in [-0.2, -0.15) is 0 Å². The molecule has 1 amide bonds. The largest absolute Gasteiger partial charge is 0.369 e. The van der Waals surface area contributed by atoms with Crippen molar-refractivity contribution in [1.29, 1.82) is 0 Å². The Hall–Kier alpha value is -2.39. The molecule has 1 aromatic carbocycles. The Bertz CT molecular complexity index is 680. The molecule has 0 aromatic heterocycles. The number of aliphatic hydroxyl groups excluding tert-OH is 1. The summed E-state index contributed by atoms with van der Waals surface area (Å²) in [7, 11) is 0. The highest BCUT2D eigenvalue weighted by Gasteiger charge is 2.26. The molecule has 0 saturated heterocycles. The first-order valence-corrected chi connectivity index (χ1v) is 7.45. The Kier molecular flexibility index (Phi) is 4.07. The molecule has 2 aliphatic rings. The number of allylic oxidation sites excluding steroid dienone is 5. The number of amides is 1. The number of rotatable bonds is 3. The Morgan fingerprint density at radius 2 is 1.86 bits per heavy atom. The molecule has 1 N–H and O–H groups in total. The summed E-state index contributed by atoms with van der Waals surface area (Å²) in [6, 6.07) is 8.48. The van der Waals surface area contributed by atoms with Gasteiger partial charge in [0.15, 0.2) is 6.23 Å². The second kappa shape index (κ2) is 6.16. The minimum Gasteiger partial charge on any atom is -0.369 e. The molecule has 112 valence electrons. The molecule has 0 fully saturated rings. The number of carbonyl (C=O) groups excluding carboxylic acids is 1. The zero-order valence-corrected chi connectivity index (χ0v) is 12.5. The van der Waals surface area contributed by atoms with Crippen molar-refractivity contribution in [2.24, 2.45) is 5.92 Å². The maximum absolute atomic E-state index is 11.9. The number of benzene rings is 1. The van der Waals surface area contributed by atoms with Crippen LogP contribution in [0.25, 0.3) is 0 Å². The van der Waals surface area contributed by atoms with Gasteiger partial charge in [-0.05, 0) is 31.1 Å². The summed E-state index contributed by atoms with van der Waals surface area (Å²) in [4.78, 5) is 13.3. The van der Waals surface area contributed by atoms with Gasteiger partial charge in [-0.15, -0.1) is 0 Å². The van der Waals surface area contributed by atoms with Crippen molar-refractivity contribution in [3.05, 3.63) is 83.6 Å². The average Bonchev–Trinajstić information content (AvgIpc) is 2.71. The third kappa shape index (κ3) is 3.10. The van der Waals surface area contributed by atoms with E-state index in [-0.39, 0.29) is 11.8 Å². The van der Waals surface area contributed by atoms with Crippen LogP contribution in [0, 0.1) is 12.8 Å². The van der Waals surface area contributed by atoms with Gasteiger partial charge in [0.1, 0.15) is 0 Å². The summed E-state index contributed by atoms with van der Waals surface area (Å²) < 4.78 is 0. The van der Waals surface area contributed by atoms with Crippen molar-refractivity contribution in [1.82, 2.24) is 4.90 Å². The summed E-state index contributed by atoms with van der Waals surface area (Å²) in [5.41, 5.74) is 3.24. The molecule has 0 saturated carbocycles. The van der Waals surface area contributed by atoms with E-state index in [0.29, 0.717) is 0 Å². The van der Waals surface area contributed by atoms with Crippen LogP contribution < -0.4 is 0 Å². The molecule has 3 nitrogen and oxygen atoms in total. The van der Waals surface area contributed by atoms with Crippen LogP contribution in [0.3, 0.4) is 0 Å². The van der Waals surface area contributed by atoms with Gasteiger partial charge >= 0.3 is 0 Å². The maximum atomic E-state index is 11.9. The van der Waals surface area contributed by atoms with Gasteiger partial charge in [0.05, 0.1) is 0 Å². The summed E-state index contributed by atoms with van der Waals surface area (Å²) in [6.45, 7) is 2.07. The second-order valence-electron chi connectivity index (χ2n) is 5.67. The molecule has 0 spiro atoms. The summed E-state index contributed by atoms with van der Waals surface area (Å²) in [5.74, 6) is 0.00712. The molecule has 3 heteroatoms. The normalized spacial score (nSPS) is 23.8. The Morgan fingerprint density at radius 1 is 1.09 bits per heavy atom. The quantitative estimate of drug-likeness (QED) is 0.931. The van der Waals surface area contributed by atoms with Crippen LogP contribution in [0.15, 0.2) is 72.5 Å². The molecule has 22 heavy (non-hydrogen) atoms. The number of hydrogen-bond acceptors (Lipinski definition) is 2. The average molecular weight is 293 g/mol. The van der Waals surface area contributed by atoms with Gasteiger partial charge < -0.3 is 5.11 Å². The van der Waals surface area contributed by atoms with Crippen LogP contribution in [-0.4, -0.2) is 22.1 Å². The van der Waals surface area contributed by atoms with Gasteiger partial charge in [0, 0.05) is 17.7 Å². The molecule has 1 aromatic rings. The first-order chi connectivity index (χ1) is 10.6. The molecule has 0 bridgehead atoms. The van der Waals surface area contributed by atoms with Crippen LogP contribution >= 0.6 is 0 Å². The lowest BCUT2D eigenvalue weighted by Gasteiger charge is -2.22. The third-order valence-corrected chi connectivity index (χ3v) is 3.90. The zero-order valence-electron chi connectivity index (χ0n) is 12.5. The lowest BCUT2D eigenvalue weighted by Crippen LogP contribution is -2.32. The molecule has 1 aliphatic carbocycles. The van der Waals surface area contributed by atoms with Crippen molar-refractivity contribution in [3.8, 4) is 0 Å². The standard InChI is InChI=1S/C19H19NO2/c1-14-6-8-15(9-7-14)12-16-4-2-3-5-17(13-16)20-18(21)10-11-19(20)22/h2-11,13,16,18,21H,12H2,1H3. The van der Waals surface area contributed by atoms with E-state index in [4.69, 9.17) is 0 Å². The molecule has 0 radical (unpaired) electrons. The van der Waals surface area contributed by atoms with Crippen LogP contribution in [-0.2, 0) is 11.2 Å². The van der Waals surface area contributed by atoms with Crippen LogP contribution in [0.1, 0.15) is 11.1 Å². The topological polar surface area (TPSA) is 40.5 Å². The van der Waals surface area contributed by atoms with Gasteiger partial charge in [-0.3, -0.25) is 9.69 Å². The van der Waals surface area contributed by atoms with Crippen LogP contribution in [0.5, 0.6) is 0 Å². The van der Waals surface area contributed by atoms with E-state index < -0.39 is 6.23 Å². The van der Waals surface area contributed by atoms with Crippen molar-refractivity contribution in [3.63, 3.8) is 0 Å². The van der Waals surface area contributed by atoms with E-state index in [9.17, 15) is 9.90 Å². The van der Waals surface area contributed by atoms with Crippen molar-refractivity contribution < 1.29 is 9.90 Å². The number of aliphatic hydroxyl groups is 1. The predicted octanol–water partition coefficient (Wildman–Crippen LogP) is 2.88. The first kappa shape index (κ1) is 14.5. The predicted molar refractivity (Wildman–Crippen MR) is 86.7 cm³/mol. The van der Waals surface area contributed by atoms with E-state index in [0.717, 1.165) is 12.1 Å². The molecule has 1 heterocycles. The van der Waals surface area contributed by atoms with E-state index in [1.807, 2.05) is 24.3 Å². The molecule has 1 aliphatic heterocycles. The Morgan fingerprint density at radius 3 is 2.55 bits per heavy atom. The molecule has 2 unspecified atom stereocenters. The number of carbonyl (C=O) groups is 1. The van der Waals surface area contributed by atoms with Gasteiger partial charge in [-0.25, -0.2) is 0 Å². The van der Waals surface area contributed by atoms with E-state index in [2.05, 4.69) is 37.3 Å². The minimum absolute atomic E-state index is 0.181. The molecule has 3 rings (SSSR count). The number of aryl methyl sites for hydroxylation is 1. The van der Waals surface area contributed by atoms with Crippen LogP contribution in [0.2, 0.25) is 0 Å². The maximum Gasteiger partial charge on any atom is 0.253 e. The van der Waals surface area contributed by atoms with Crippen molar-refractivity contribution in [2.45, 2.75) is 19.6 Å². The molecular weight excluding hydrogens is 274 g/mol. The van der Waals surface area contributed by atoms with Crippen LogP contribution in [0.4, 0.5) is 0 Å². The van der Waals surface area contributed by atoms with E-state index in [1.54, 1.807) is 0 Å². The Balaban J connectivity index is 1.81. The summed E-state index contributed by atoms with van der Waals surface area (Å²) >= 11 is 0. The fraction of sp³-hybridized carbons (Fsp3) is 0.211. The number of nitrogens with zero attached hydrogens (tertiary/aromatic N) is 1. The highest BCUT2D eigenvalue weighted by Crippen LogP contribution is 2.23. The Labute approximate surface area is 130 Å². The lowest BCUT2D eigenvalue weighted by atomic mass is 9.97. The number of hydrogen-bond donors (Lipinski definition) is 1. The summed E-state index contributed by atoms with van der Waals surface area (Å²) in [5, 5.41) is 9.93. The minimum atomic E-state index is -0.874. The van der Waals surface area contributed by atoms with Crippen molar-refractivity contribution >= 4 is 5.91 Å². The summed E-state index contributed by atoms with van der Waals surface area (Å²) in [6.07, 6.45) is 12.8. The molecule has 2 atom stereocenters. The van der Waals surface area contributed by atoms with Gasteiger partial charge in [0.2, 0.25) is 0 Å². The monoisotopic (exact) mass is 293 g/mol. The zero-order chi connectivity index (χ0) is 15.5. The fourth-order valence-electron chi connectivity index (χ4n) is 2.72. The lowest BCUT2D eigenvalue weighted by molar-refractivity contribution is -0.127. The van der Waals surface area contributed by atoms with Gasteiger partial charge in [0.25, 0.3) is 5.91 Å². The highest BCUT2D eigenvalue weighted by molar-refractivity contribution is 5.92. The third-order valence-electron chi connectivity index (χ3n) is 3.90. The molecular formula is C19H19NO2. The fourth-order valence-corrected chi connectivity index (χ4v) is 2.72. The first-order valence-electron chi connectivity index (χ1n) is 7.45.